The van der Waals surface area contributed by atoms with Crippen LogP contribution in [0.2, 0.25) is 5.02 Å². The SMILES string of the molecule is CC(C)(C)N1C(=O)[C@@H]2[C@H]([C@H](O)c3ccc(Cl)cc3)N[C@@]3(C(=O)Nc4ccc(F)cc43)[C@@H]2C1=O. The van der Waals surface area contributed by atoms with Crippen LogP contribution >= 0.6 is 11.6 Å². The van der Waals surface area contributed by atoms with Crippen molar-refractivity contribution in [3.63, 3.8) is 0 Å². The highest BCUT2D eigenvalue weighted by atomic mass is 35.5. The van der Waals surface area contributed by atoms with Gasteiger partial charge in [-0.15, -0.1) is 0 Å². The fourth-order valence-electron chi connectivity index (χ4n) is 5.50. The summed E-state index contributed by atoms with van der Waals surface area (Å²) >= 11 is 5.97. The largest absolute Gasteiger partial charge is 0.387 e. The Hall–Kier alpha value is -2.81. The highest BCUT2D eigenvalue weighted by molar-refractivity contribution is 6.30. The van der Waals surface area contributed by atoms with Gasteiger partial charge in [0.2, 0.25) is 17.7 Å². The fourth-order valence-corrected chi connectivity index (χ4v) is 5.63. The third-order valence-electron chi connectivity index (χ3n) is 6.83. The smallest absolute Gasteiger partial charge is 0.250 e. The van der Waals surface area contributed by atoms with Crippen molar-refractivity contribution in [2.24, 2.45) is 11.8 Å². The predicted molar refractivity (Wildman–Crippen MR) is 119 cm³/mol. The van der Waals surface area contributed by atoms with Gasteiger partial charge in [0.25, 0.3) is 0 Å². The minimum atomic E-state index is -1.69. The first-order valence-corrected chi connectivity index (χ1v) is 11.1. The number of carbonyl (C=O) groups is 3. The maximum absolute atomic E-state index is 14.3. The number of likely N-dealkylation sites (tertiary alicyclic amines) is 1. The molecule has 3 amide bonds. The number of rotatable bonds is 2. The van der Waals surface area contributed by atoms with Crippen molar-refractivity contribution in [3.05, 3.63) is 64.4 Å². The summed E-state index contributed by atoms with van der Waals surface area (Å²) in [4.78, 5) is 41.8. The number of hydrogen-bond acceptors (Lipinski definition) is 5. The number of amides is 3. The molecular formula is C24H23ClFN3O4. The molecule has 0 unspecified atom stereocenters. The molecule has 0 saturated carbocycles. The average Bonchev–Trinajstić information content (AvgIpc) is 3.33. The molecule has 3 heterocycles. The lowest BCUT2D eigenvalue weighted by Gasteiger charge is -2.35. The second-order valence-corrected chi connectivity index (χ2v) is 10.2. The fraction of sp³-hybridized carbons (Fsp3) is 0.375. The van der Waals surface area contributed by atoms with Gasteiger partial charge in [0.1, 0.15) is 11.4 Å². The normalized spacial score (nSPS) is 29.5. The van der Waals surface area contributed by atoms with Crippen molar-refractivity contribution in [3.8, 4) is 0 Å². The van der Waals surface area contributed by atoms with E-state index in [1.54, 1.807) is 45.0 Å². The number of halogens is 2. The van der Waals surface area contributed by atoms with Gasteiger partial charge in [-0.1, -0.05) is 23.7 Å². The molecular weight excluding hydrogens is 449 g/mol. The monoisotopic (exact) mass is 471 g/mol. The van der Waals surface area contributed by atoms with E-state index < -0.39 is 58.6 Å². The van der Waals surface area contributed by atoms with Gasteiger partial charge < -0.3 is 10.4 Å². The Balaban J connectivity index is 1.69. The molecule has 2 aromatic rings. The van der Waals surface area contributed by atoms with Gasteiger partial charge in [-0.2, -0.15) is 0 Å². The van der Waals surface area contributed by atoms with Crippen LogP contribution in [-0.4, -0.2) is 39.3 Å². The van der Waals surface area contributed by atoms with Crippen molar-refractivity contribution < 1.29 is 23.9 Å². The number of benzene rings is 2. The number of nitrogens with one attached hydrogen (secondary N) is 2. The van der Waals surface area contributed by atoms with E-state index in [1.807, 2.05) is 0 Å². The van der Waals surface area contributed by atoms with Crippen molar-refractivity contribution in [1.82, 2.24) is 10.2 Å². The number of aliphatic hydroxyl groups excluding tert-OH is 1. The molecule has 5 atom stereocenters. The molecule has 2 saturated heterocycles. The number of aliphatic hydroxyl groups is 1. The zero-order chi connectivity index (χ0) is 23.9. The molecule has 2 aromatic carbocycles. The van der Waals surface area contributed by atoms with Crippen LogP contribution in [0.15, 0.2) is 42.5 Å². The van der Waals surface area contributed by atoms with E-state index in [9.17, 15) is 23.9 Å². The van der Waals surface area contributed by atoms with Crippen LogP contribution in [0.25, 0.3) is 0 Å². The molecule has 0 bridgehead atoms. The number of hydrogen-bond donors (Lipinski definition) is 3. The lowest BCUT2D eigenvalue weighted by Crippen LogP contribution is -2.56. The van der Waals surface area contributed by atoms with E-state index in [4.69, 9.17) is 11.6 Å². The number of anilines is 1. The summed E-state index contributed by atoms with van der Waals surface area (Å²) < 4.78 is 14.3. The molecule has 5 rings (SSSR count). The Morgan fingerprint density at radius 2 is 1.76 bits per heavy atom. The van der Waals surface area contributed by atoms with E-state index in [0.29, 0.717) is 16.3 Å². The summed E-state index contributed by atoms with van der Waals surface area (Å²) in [6.07, 6.45) is -1.23. The first kappa shape index (κ1) is 22.0. The lowest BCUT2D eigenvalue weighted by atomic mass is 9.76. The zero-order valence-electron chi connectivity index (χ0n) is 18.2. The van der Waals surface area contributed by atoms with E-state index in [2.05, 4.69) is 10.6 Å². The molecule has 3 aliphatic heterocycles. The van der Waals surface area contributed by atoms with E-state index >= 15 is 0 Å². The summed E-state index contributed by atoms with van der Waals surface area (Å²) in [5.41, 5.74) is -1.43. The van der Waals surface area contributed by atoms with Gasteiger partial charge in [0, 0.05) is 21.8 Å². The molecule has 9 heteroatoms. The highest BCUT2D eigenvalue weighted by Gasteiger charge is 2.72. The molecule has 1 spiro atoms. The zero-order valence-corrected chi connectivity index (χ0v) is 19.0. The van der Waals surface area contributed by atoms with Gasteiger partial charge in [-0.05, 0) is 56.7 Å². The maximum Gasteiger partial charge on any atom is 0.250 e. The van der Waals surface area contributed by atoms with Crippen LogP contribution in [0, 0.1) is 17.7 Å². The molecule has 172 valence electrons. The van der Waals surface area contributed by atoms with E-state index in [0.717, 1.165) is 4.90 Å². The summed E-state index contributed by atoms with van der Waals surface area (Å²) in [6, 6.07) is 9.34. The maximum atomic E-state index is 14.3. The number of imide groups is 1. The Morgan fingerprint density at radius 3 is 2.39 bits per heavy atom. The third-order valence-corrected chi connectivity index (χ3v) is 7.09. The second kappa shape index (κ2) is 7.09. The number of fused-ring (bicyclic) bond motifs is 4. The molecule has 3 N–H and O–H groups in total. The summed E-state index contributed by atoms with van der Waals surface area (Å²) in [5, 5.41) is 17.6. The standard InChI is InChI=1S/C24H23ClFN3O4/c1-23(2,3)29-20(31)16-17(21(29)32)24(14-10-13(26)8-9-15(14)27-22(24)33)28-18(16)19(30)11-4-6-12(25)7-5-11/h4-10,16-19,28,30H,1-3H3,(H,27,33)/t16-,17-,18+,19+,24+/m0/s1. The topological polar surface area (TPSA) is 98.7 Å². The first-order chi connectivity index (χ1) is 15.5. The van der Waals surface area contributed by atoms with Crippen LogP contribution in [-0.2, 0) is 19.9 Å². The van der Waals surface area contributed by atoms with Crippen molar-refractivity contribution in [2.45, 2.75) is 44.0 Å². The van der Waals surface area contributed by atoms with Crippen molar-refractivity contribution in [2.75, 3.05) is 5.32 Å². The minimum Gasteiger partial charge on any atom is -0.387 e. The van der Waals surface area contributed by atoms with Gasteiger partial charge >= 0.3 is 0 Å². The Morgan fingerprint density at radius 1 is 1.09 bits per heavy atom. The van der Waals surface area contributed by atoms with Gasteiger partial charge in [-0.3, -0.25) is 24.6 Å². The molecule has 0 radical (unpaired) electrons. The lowest BCUT2D eigenvalue weighted by molar-refractivity contribution is -0.148. The Kier molecular flexibility index (Phi) is 4.73. The summed E-state index contributed by atoms with van der Waals surface area (Å²) in [5.74, 6) is -4.29. The Labute approximate surface area is 194 Å². The molecule has 2 fully saturated rings. The van der Waals surface area contributed by atoms with Gasteiger partial charge in [0.15, 0.2) is 0 Å². The van der Waals surface area contributed by atoms with Gasteiger partial charge in [-0.25, -0.2) is 4.39 Å². The van der Waals surface area contributed by atoms with E-state index in [1.165, 1.54) is 18.2 Å². The van der Waals surface area contributed by atoms with Crippen LogP contribution in [0.3, 0.4) is 0 Å². The molecule has 0 aliphatic carbocycles. The van der Waals surface area contributed by atoms with Crippen LogP contribution in [0.1, 0.15) is 38.0 Å². The van der Waals surface area contributed by atoms with Crippen LogP contribution in [0.5, 0.6) is 0 Å². The van der Waals surface area contributed by atoms with Crippen LogP contribution in [0.4, 0.5) is 10.1 Å². The van der Waals surface area contributed by atoms with Crippen molar-refractivity contribution in [1.29, 1.82) is 0 Å². The highest BCUT2D eigenvalue weighted by Crippen LogP contribution is 2.55. The molecule has 7 nitrogen and oxygen atoms in total. The average molecular weight is 472 g/mol. The number of nitrogens with zero attached hydrogens (tertiary/aromatic N) is 1. The Bertz CT molecular complexity index is 1200. The quantitative estimate of drug-likeness (QED) is 0.585. The molecule has 0 aromatic heterocycles. The first-order valence-electron chi connectivity index (χ1n) is 10.7. The molecule has 33 heavy (non-hydrogen) atoms. The minimum absolute atomic E-state index is 0.255. The van der Waals surface area contributed by atoms with Crippen molar-refractivity contribution >= 4 is 35.0 Å². The van der Waals surface area contributed by atoms with Crippen LogP contribution < -0.4 is 10.6 Å². The third kappa shape index (κ3) is 2.97. The summed E-state index contributed by atoms with van der Waals surface area (Å²) in [7, 11) is 0. The second-order valence-electron chi connectivity index (χ2n) is 9.80. The van der Waals surface area contributed by atoms with Gasteiger partial charge in [0.05, 0.1) is 24.0 Å². The number of carbonyl (C=O) groups excluding carboxylic acids is 3. The predicted octanol–water partition coefficient (Wildman–Crippen LogP) is 2.73. The molecule has 3 aliphatic rings. The summed E-state index contributed by atoms with van der Waals surface area (Å²) in [6.45, 7) is 5.20. The van der Waals surface area contributed by atoms with E-state index in [-0.39, 0.29) is 5.56 Å².